The van der Waals surface area contributed by atoms with Crippen LogP contribution in [0.3, 0.4) is 0 Å². The highest BCUT2D eigenvalue weighted by Crippen LogP contribution is 2.57. The minimum atomic E-state index is -0.0239. The molecule has 7 fully saturated rings. The van der Waals surface area contributed by atoms with Crippen LogP contribution in [0.25, 0.3) is 0 Å². The number of benzene rings is 7. The van der Waals surface area contributed by atoms with Gasteiger partial charge >= 0.3 is 0 Å². The molecule has 728 valence electrons. The van der Waals surface area contributed by atoms with Crippen LogP contribution in [0.15, 0.2) is 170 Å². The van der Waals surface area contributed by atoms with E-state index >= 15 is 0 Å². The monoisotopic (exact) mass is 1810 g/mol. The third-order valence-electron chi connectivity index (χ3n) is 33.0. The molecule has 133 heavy (non-hydrogen) atoms. The van der Waals surface area contributed by atoms with Crippen molar-refractivity contribution in [1.82, 2.24) is 9.80 Å². The average molecular weight is 1810 g/mol. The summed E-state index contributed by atoms with van der Waals surface area (Å²) in [5.41, 5.74) is 24.0. The lowest BCUT2D eigenvalue weighted by molar-refractivity contribution is -0.00979. The Morgan fingerprint density at radius 1 is 0.233 bits per heavy atom. The molecular formula is C119H177N9O5. The first kappa shape index (κ1) is 100. The maximum Gasteiger partial charge on any atom is 0.113 e. The van der Waals surface area contributed by atoms with Crippen LogP contribution in [0.2, 0.25) is 0 Å². The van der Waals surface area contributed by atoms with Crippen LogP contribution in [0.1, 0.15) is 315 Å². The largest absolute Gasteiger partial charge is 0.381 e. The van der Waals surface area contributed by atoms with Crippen molar-refractivity contribution in [3.8, 4) is 0 Å². The Labute approximate surface area is 807 Å². The summed E-state index contributed by atoms with van der Waals surface area (Å²) in [5.74, 6) is 0. The number of likely N-dealkylation sites (tertiary alicyclic amines) is 2. The number of rotatable bonds is 2. The van der Waals surface area contributed by atoms with E-state index in [0.29, 0.717) is 27.1 Å². The third-order valence-corrected chi connectivity index (χ3v) is 33.0. The topological polar surface area (TPSA) is 75.3 Å². The van der Waals surface area contributed by atoms with Gasteiger partial charge in [-0.2, -0.15) is 0 Å². The molecule has 7 aromatic rings. The summed E-state index contributed by atoms with van der Waals surface area (Å²) in [6.45, 7) is 80.4. The summed E-state index contributed by atoms with van der Waals surface area (Å²) in [6.07, 6.45) is 19.6. The molecule has 0 amide bonds. The fourth-order valence-corrected chi connectivity index (χ4v) is 25.7. The maximum absolute atomic E-state index is 6.14. The van der Waals surface area contributed by atoms with Crippen LogP contribution >= 0.6 is 0 Å². The van der Waals surface area contributed by atoms with E-state index in [-0.39, 0.29) is 55.4 Å². The van der Waals surface area contributed by atoms with Gasteiger partial charge in [-0.1, -0.05) is 155 Å². The van der Waals surface area contributed by atoms with Crippen molar-refractivity contribution in [2.24, 2.45) is 5.41 Å². The average Bonchev–Trinajstić information content (AvgIpc) is 1.75. The van der Waals surface area contributed by atoms with Gasteiger partial charge in [-0.3, -0.25) is 0 Å². The van der Waals surface area contributed by atoms with E-state index < -0.39 is 0 Å². The first-order valence-corrected chi connectivity index (χ1v) is 52.3. The van der Waals surface area contributed by atoms with E-state index in [1.807, 2.05) is 0 Å². The predicted molar refractivity (Wildman–Crippen MR) is 563 cm³/mol. The smallest absolute Gasteiger partial charge is 0.113 e. The van der Waals surface area contributed by atoms with Gasteiger partial charge in [0.25, 0.3) is 0 Å². The van der Waals surface area contributed by atoms with Crippen LogP contribution in [0.4, 0.5) is 39.8 Å². The van der Waals surface area contributed by atoms with Gasteiger partial charge in [-0.15, -0.1) is 0 Å². The molecule has 21 rings (SSSR count). The highest BCUT2D eigenvalue weighted by Gasteiger charge is 2.54. The van der Waals surface area contributed by atoms with Crippen molar-refractivity contribution in [2.45, 2.75) is 353 Å². The molecule has 14 heteroatoms. The van der Waals surface area contributed by atoms with Gasteiger partial charge in [0.1, 0.15) is 5.60 Å². The standard InChI is InChI=1S/C21H34N2.C19H30N2.C17H25NO.2C16H23NO.2C15H21NO/c1-19(2,3)15-22-13-11-21(12-14-22)16-23(20(4,5)6)18-10-8-7-9-17(18)21;1-5-20-13-10-19(11-14-20)12-15-21(18(2,3)4)17-9-7-6-8-16(17)19;1-16(2,3)18-11-8-17(9-12-19-13-10-17)14-6-4-5-7-15(14)18;1-15(2,3)17-11-10-16(9-6-12-18-16)13-7-4-5-8-14(13)17;1-15(2,3)17-10-8-16(9-11-18-12-16)13-6-4-5-7-14(13)17;1-14(2,3)16-11-15(9-6-10-17-15)12-7-4-5-8-13(12)16;1-14(2,3)16-10-15(8-9-17-11-15)12-6-4-5-7-13(12)16/h7-10H,11-16H2,1-6H3;6-9H,5,10-15H2,1-4H3;4-7H,8-13H2,1-3H3;4-5,7-8H,6,9-12H2,1-3H3;4-7H,8-12H2,1-3H3;4-5,7-8H,6,9-11H2,1-3H3;4-7H,8-11H2,1-3H3. The van der Waals surface area contributed by atoms with Crippen LogP contribution in [0, 0.1) is 5.41 Å². The number of anilines is 7. The minimum Gasteiger partial charge on any atom is -0.381 e. The highest BCUT2D eigenvalue weighted by molar-refractivity contribution is 5.69. The molecule has 0 radical (unpaired) electrons. The molecule has 14 nitrogen and oxygen atoms in total. The molecule has 7 saturated heterocycles. The number of piperidine rings is 2. The number of ether oxygens (including phenoxy) is 5. The molecule has 14 aliphatic heterocycles. The summed E-state index contributed by atoms with van der Waals surface area (Å²) >= 11 is 0. The van der Waals surface area contributed by atoms with E-state index in [0.717, 1.165) is 98.3 Å². The summed E-state index contributed by atoms with van der Waals surface area (Å²) in [6, 6.07) is 62.7. The van der Waals surface area contributed by atoms with Gasteiger partial charge in [0.2, 0.25) is 0 Å². The maximum atomic E-state index is 6.14. The van der Waals surface area contributed by atoms with E-state index in [2.05, 4.69) is 387 Å². The molecule has 0 aliphatic carbocycles. The second-order valence-corrected chi connectivity index (χ2v) is 50.5. The quantitative estimate of drug-likeness (QED) is 0.165. The van der Waals surface area contributed by atoms with Gasteiger partial charge in [-0.05, 0) is 357 Å². The van der Waals surface area contributed by atoms with Crippen molar-refractivity contribution in [2.75, 3.05) is 172 Å². The number of fused-ring (bicyclic) bond motifs is 14. The molecule has 0 bridgehead atoms. The zero-order valence-corrected chi connectivity index (χ0v) is 87.9. The van der Waals surface area contributed by atoms with Crippen LogP contribution in [0.5, 0.6) is 0 Å². The lowest BCUT2D eigenvalue weighted by Gasteiger charge is -2.51. The molecule has 7 aromatic carbocycles. The molecule has 0 saturated carbocycles. The Balaban J connectivity index is 0.000000119. The first-order chi connectivity index (χ1) is 62.7. The first-order valence-electron chi connectivity index (χ1n) is 52.3. The number of para-hydroxylation sites is 7. The predicted octanol–water partition coefficient (Wildman–Crippen LogP) is 25.8. The van der Waals surface area contributed by atoms with Gasteiger partial charge in [0, 0.05) is 202 Å². The number of nitrogens with zero attached hydrogens (tertiary/aromatic N) is 9. The summed E-state index contributed by atoms with van der Waals surface area (Å²) in [4.78, 5) is 23.2. The van der Waals surface area contributed by atoms with Crippen molar-refractivity contribution in [3.05, 3.63) is 209 Å². The molecule has 14 aliphatic rings. The molecule has 14 heterocycles. The molecular weight excluding hydrogens is 1640 g/mol. The number of hydrogen-bond donors (Lipinski definition) is 0. The Hall–Kier alpha value is -7.14. The van der Waals surface area contributed by atoms with E-state index in [1.165, 1.54) is 204 Å². The van der Waals surface area contributed by atoms with E-state index in [4.69, 9.17) is 23.7 Å². The lowest BCUT2D eigenvalue weighted by atomic mass is 9.67. The van der Waals surface area contributed by atoms with Crippen LogP contribution in [-0.4, -0.2) is 187 Å². The fraction of sp³-hybridized carbons (Fsp3) is 0.647. The van der Waals surface area contributed by atoms with Gasteiger partial charge in [-0.25, -0.2) is 0 Å². The minimum absolute atomic E-state index is 0.0122. The normalized spacial score (nSPS) is 25.1. The number of hydrogen-bond acceptors (Lipinski definition) is 14. The fourth-order valence-electron chi connectivity index (χ4n) is 25.7. The van der Waals surface area contributed by atoms with Crippen LogP contribution in [-0.2, 0) is 62.0 Å². The van der Waals surface area contributed by atoms with Crippen molar-refractivity contribution in [1.29, 1.82) is 0 Å². The Kier molecular flexibility index (Phi) is 29.4. The molecule has 0 aromatic heterocycles. The zero-order valence-electron chi connectivity index (χ0n) is 87.9. The van der Waals surface area contributed by atoms with Crippen molar-refractivity contribution < 1.29 is 23.7 Å². The van der Waals surface area contributed by atoms with Gasteiger partial charge in [0.15, 0.2) is 0 Å². The highest BCUT2D eigenvalue weighted by atomic mass is 16.5. The SMILES string of the molecule is CC(C)(C)CN1CCC2(CC1)CN(C(C)(C)C)c1ccccc12.CC(C)(C)N1CC2(CCCO2)c2ccccc21.CC(C)(C)N1CC2(CCOC2)c2ccccc21.CC(C)(C)N1CCC2(CCCO2)c2ccccc21.CC(C)(C)N1CCC2(CCOC2)c2ccccc21.CC(C)(C)N1CCC2(CCOCC2)c2ccccc21.CCN1CCC2(CC1)CCN(C(C)(C)C)c1ccccc12. The van der Waals surface area contributed by atoms with Crippen molar-refractivity contribution >= 4 is 39.8 Å². The Bertz CT molecular complexity index is 4820. The van der Waals surface area contributed by atoms with Gasteiger partial charge < -0.3 is 67.8 Å². The summed E-state index contributed by atoms with van der Waals surface area (Å²) < 4.78 is 29.2. The molecule has 0 N–H and O–H groups in total. The summed E-state index contributed by atoms with van der Waals surface area (Å²) in [5, 5.41) is 0. The second-order valence-electron chi connectivity index (χ2n) is 50.5. The molecule has 4 atom stereocenters. The van der Waals surface area contributed by atoms with Gasteiger partial charge in [0.05, 0.1) is 25.4 Å². The molecule has 7 spiro atoms. The second kappa shape index (κ2) is 38.9. The Morgan fingerprint density at radius 2 is 0.496 bits per heavy atom. The summed E-state index contributed by atoms with van der Waals surface area (Å²) in [7, 11) is 0. The third kappa shape index (κ3) is 21.2. The van der Waals surface area contributed by atoms with Crippen LogP contribution < -0.4 is 34.3 Å². The zero-order chi connectivity index (χ0) is 95.3. The Morgan fingerprint density at radius 3 is 0.865 bits per heavy atom. The molecule has 4 unspecified atom stereocenters. The van der Waals surface area contributed by atoms with E-state index in [9.17, 15) is 0 Å². The van der Waals surface area contributed by atoms with Crippen molar-refractivity contribution in [3.63, 3.8) is 0 Å². The van der Waals surface area contributed by atoms with E-state index in [1.54, 1.807) is 16.7 Å². The lowest BCUT2D eigenvalue weighted by Crippen LogP contribution is -2.52.